The number of nitrogens with one attached hydrogen (secondary N) is 1. The molecule has 22 heavy (non-hydrogen) atoms. The molecule has 0 aliphatic carbocycles. The van der Waals surface area contributed by atoms with E-state index in [1.54, 1.807) is 0 Å². The molecule has 0 amide bonds. The van der Waals surface area contributed by atoms with Crippen LogP contribution in [0.3, 0.4) is 0 Å². The smallest absolute Gasteiger partial charge is 0.359 e. The van der Waals surface area contributed by atoms with Gasteiger partial charge in [-0.05, 0) is 30.7 Å². The molecule has 0 bridgehead atoms. The van der Waals surface area contributed by atoms with E-state index in [9.17, 15) is 4.79 Å². The minimum Gasteiger partial charge on any atom is -0.490 e. The molecular formula is C17H16N2O3. The molecule has 0 unspecified atom stereocenters. The van der Waals surface area contributed by atoms with E-state index in [-0.39, 0.29) is 6.61 Å². The minimum atomic E-state index is -0.453. The number of carbonyl (C=O) groups excluding carboxylic acids is 1. The van der Waals surface area contributed by atoms with Crippen LogP contribution in [0, 0.1) is 6.92 Å². The molecule has 1 aromatic heterocycles. The number of rotatable bonds is 5. The molecule has 1 heterocycles. The van der Waals surface area contributed by atoms with E-state index in [1.807, 2.05) is 55.5 Å². The lowest BCUT2D eigenvalue weighted by molar-refractivity contribution is 0.0446. The van der Waals surface area contributed by atoms with Crippen molar-refractivity contribution in [2.45, 2.75) is 6.92 Å². The average Bonchev–Trinajstić information content (AvgIpc) is 2.95. The number of benzene rings is 2. The highest BCUT2D eigenvalue weighted by Gasteiger charge is 2.14. The summed E-state index contributed by atoms with van der Waals surface area (Å²) >= 11 is 0. The molecule has 0 aliphatic heterocycles. The highest BCUT2D eigenvalue weighted by Crippen LogP contribution is 2.16. The first kappa shape index (κ1) is 14.1. The SMILES string of the molecule is Cc1cccc(OCCOC(=O)c2n[nH]c3ccccc23)c1. The molecule has 0 saturated heterocycles. The predicted molar refractivity (Wildman–Crippen MR) is 83.1 cm³/mol. The Morgan fingerprint density at radius 2 is 2.00 bits per heavy atom. The number of H-pyrrole nitrogens is 1. The normalized spacial score (nSPS) is 10.6. The Labute approximate surface area is 127 Å². The second-order valence-corrected chi connectivity index (χ2v) is 4.92. The predicted octanol–water partition coefficient (Wildman–Crippen LogP) is 3.11. The quantitative estimate of drug-likeness (QED) is 0.580. The Bertz CT molecular complexity index is 795. The molecule has 2 aromatic carbocycles. The van der Waals surface area contributed by atoms with Crippen molar-refractivity contribution in [3.05, 3.63) is 59.8 Å². The number of ether oxygens (including phenoxy) is 2. The van der Waals surface area contributed by atoms with Crippen LogP contribution in [-0.2, 0) is 4.74 Å². The van der Waals surface area contributed by atoms with Gasteiger partial charge in [-0.15, -0.1) is 0 Å². The molecule has 0 aliphatic rings. The highest BCUT2D eigenvalue weighted by molar-refractivity contribution is 6.01. The van der Waals surface area contributed by atoms with Gasteiger partial charge in [0.25, 0.3) is 0 Å². The third-order valence-electron chi connectivity index (χ3n) is 3.24. The Morgan fingerprint density at radius 3 is 2.86 bits per heavy atom. The lowest BCUT2D eigenvalue weighted by atomic mass is 10.2. The number of aromatic amines is 1. The van der Waals surface area contributed by atoms with Gasteiger partial charge in [-0.2, -0.15) is 5.10 Å². The Hall–Kier alpha value is -2.82. The number of carbonyl (C=O) groups is 1. The zero-order chi connectivity index (χ0) is 15.4. The number of para-hydroxylation sites is 1. The number of fused-ring (bicyclic) bond motifs is 1. The van der Waals surface area contributed by atoms with Gasteiger partial charge in [0.1, 0.15) is 19.0 Å². The summed E-state index contributed by atoms with van der Waals surface area (Å²) in [4.78, 5) is 12.0. The van der Waals surface area contributed by atoms with Crippen molar-refractivity contribution >= 4 is 16.9 Å². The van der Waals surface area contributed by atoms with Crippen LogP contribution in [-0.4, -0.2) is 29.4 Å². The van der Waals surface area contributed by atoms with Crippen LogP contribution >= 0.6 is 0 Å². The summed E-state index contributed by atoms with van der Waals surface area (Å²) in [5, 5.41) is 7.57. The summed E-state index contributed by atoms with van der Waals surface area (Å²) in [5.74, 6) is 0.312. The molecule has 1 N–H and O–H groups in total. The second kappa shape index (κ2) is 6.30. The molecule has 0 spiro atoms. The summed E-state index contributed by atoms with van der Waals surface area (Å²) < 4.78 is 10.7. The topological polar surface area (TPSA) is 64.2 Å². The largest absolute Gasteiger partial charge is 0.490 e. The van der Waals surface area contributed by atoms with Crippen molar-refractivity contribution in [1.82, 2.24) is 10.2 Å². The third kappa shape index (κ3) is 3.09. The van der Waals surface area contributed by atoms with E-state index >= 15 is 0 Å². The number of aromatic nitrogens is 2. The number of hydrogen-bond donors (Lipinski definition) is 1. The second-order valence-electron chi connectivity index (χ2n) is 4.92. The first-order chi connectivity index (χ1) is 10.7. The minimum absolute atomic E-state index is 0.175. The van der Waals surface area contributed by atoms with Crippen molar-refractivity contribution in [2.24, 2.45) is 0 Å². The molecule has 0 fully saturated rings. The van der Waals surface area contributed by atoms with E-state index in [2.05, 4.69) is 10.2 Å². The molecule has 112 valence electrons. The van der Waals surface area contributed by atoms with Gasteiger partial charge in [0.15, 0.2) is 5.69 Å². The maximum Gasteiger partial charge on any atom is 0.359 e. The van der Waals surface area contributed by atoms with Crippen LogP contribution in [0.4, 0.5) is 0 Å². The Morgan fingerprint density at radius 1 is 1.14 bits per heavy atom. The van der Waals surface area contributed by atoms with Crippen LogP contribution in [0.25, 0.3) is 10.9 Å². The van der Waals surface area contributed by atoms with Crippen molar-refractivity contribution in [3.63, 3.8) is 0 Å². The van der Waals surface area contributed by atoms with Gasteiger partial charge in [-0.25, -0.2) is 4.79 Å². The standard InChI is InChI=1S/C17H16N2O3/c1-12-5-4-6-13(11-12)21-9-10-22-17(20)16-14-7-2-3-8-15(14)18-19-16/h2-8,11H,9-10H2,1H3,(H,18,19). The first-order valence-corrected chi connectivity index (χ1v) is 7.04. The van der Waals surface area contributed by atoms with Crippen LogP contribution < -0.4 is 4.74 Å². The van der Waals surface area contributed by atoms with Gasteiger partial charge < -0.3 is 9.47 Å². The summed E-state index contributed by atoms with van der Waals surface area (Å²) in [6.45, 7) is 2.47. The van der Waals surface area contributed by atoms with Crippen molar-refractivity contribution < 1.29 is 14.3 Å². The van der Waals surface area contributed by atoms with E-state index < -0.39 is 5.97 Å². The molecule has 0 atom stereocenters. The van der Waals surface area contributed by atoms with Crippen molar-refractivity contribution in [3.8, 4) is 5.75 Å². The van der Waals surface area contributed by atoms with Crippen molar-refractivity contribution in [2.75, 3.05) is 13.2 Å². The summed E-state index contributed by atoms with van der Waals surface area (Å²) in [7, 11) is 0. The average molecular weight is 296 g/mol. The first-order valence-electron chi connectivity index (χ1n) is 7.04. The Kier molecular flexibility index (Phi) is 4.05. The van der Waals surface area contributed by atoms with Gasteiger partial charge in [-0.1, -0.05) is 30.3 Å². The fraction of sp³-hybridized carbons (Fsp3) is 0.176. The van der Waals surface area contributed by atoms with E-state index in [0.717, 1.165) is 22.2 Å². The zero-order valence-corrected chi connectivity index (χ0v) is 12.2. The summed E-state index contributed by atoms with van der Waals surface area (Å²) in [6, 6.07) is 15.2. The lowest BCUT2D eigenvalue weighted by Gasteiger charge is -2.07. The van der Waals surface area contributed by atoms with Gasteiger partial charge in [0.05, 0.1) is 5.52 Å². The molecule has 3 rings (SSSR count). The van der Waals surface area contributed by atoms with E-state index in [1.165, 1.54) is 0 Å². The lowest BCUT2D eigenvalue weighted by Crippen LogP contribution is -2.13. The van der Waals surface area contributed by atoms with E-state index in [4.69, 9.17) is 9.47 Å². The van der Waals surface area contributed by atoms with Crippen LogP contribution in [0.1, 0.15) is 16.1 Å². The molecule has 3 aromatic rings. The zero-order valence-electron chi connectivity index (χ0n) is 12.2. The number of nitrogens with zero attached hydrogens (tertiary/aromatic N) is 1. The maximum absolute atomic E-state index is 12.0. The maximum atomic E-state index is 12.0. The highest BCUT2D eigenvalue weighted by atomic mass is 16.6. The van der Waals surface area contributed by atoms with Gasteiger partial charge >= 0.3 is 5.97 Å². The molecule has 5 heteroatoms. The van der Waals surface area contributed by atoms with Gasteiger partial charge in [-0.3, -0.25) is 5.10 Å². The van der Waals surface area contributed by atoms with Crippen LogP contribution in [0.15, 0.2) is 48.5 Å². The molecule has 0 radical (unpaired) electrons. The Balaban J connectivity index is 1.54. The fourth-order valence-electron chi connectivity index (χ4n) is 2.19. The summed E-state index contributed by atoms with van der Waals surface area (Å²) in [6.07, 6.45) is 0. The summed E-state index contributed by atoms with van der Waals surface area (Å²) in [5.41, 5.74) is 2.23. The van der Waals surface area contributed by atoms with Crippen molar-refractivity contribution in [1.29, 1.82) is 0 Å². The monoisotopic (exact) mass is 296 g/mol. The molecule has 0 saturated carbocycles. The molecule has 5 nitrogen and oxygen atoms in total. The number of hydrogen-bond acceptors (Lipinski definition) is 4. The fourth-order valence-corrected chi connectivity index (χ4v) is 2.19. The number of aryl methyl sites for hydroxylation is 1. The van der Waals surface area contributed by atoms with Gasteiger partial charge in [0, 0.05) is 5.39 Å². The number of esters is 1. The third-order valence-corrected chi connectivity index (χ3v) is 3.24. The van der Waals surface area contributed by atoms with Crippen LogP contribution in [0.2, 0.25) is 0 Å². The van der Waals surface area contributed by atoms with Crippen LogP contribution in [0.5, 0.6) is 5.75 Å². The molecular weight excluding hydrogens is 280 g/mol. The van der Waals surface area contributed by atoms with E-state index in [0.29, 0.717) is 12.3 Å². The van der Waals surface area contributed by atoms with Gasteiger partial charge in [0.2, 0.25) is 0 Å².